The van der Waals surface area contributed by atoms with Gasteiger partial charge in [0.25, 0.3) is 0 Å². The van der Waals surface area contributed by atoms with Gasteiger partial charge in [-0.3, -0.25) is 4.79 Å². The SMILES string of the molecule is CC1(C)CC(=O)C2=C(C1)Nc1ncnn1[C@H]2c1cccc(Br)c1. The molecule has 23 heavy (non-hydrogen) atoms. The number of nitrogens with zero attached hydrogens (tertiary/aromatic N) is 3. The fourth-order valence-electron chi connectivity index (χ4n) is 3.53. The molecule has 4 rings (SSSR count). The van der Waals surface area contributed by atoms with Crippen molar-refractivity contribution in [3.05, 3.63) is 51.9 Å². The summed E-state index contributed by atoms with van der Waals surface area (Å²) in [6.45, 7) is 4.26. The summed E-state index contributed by atoms with van der Waals surface area (Å²) in [5.41, 5.74) is 2.80. The highest BCUT2D eigenvalue weighted by Gasteiger charge is 2.41. The van der Waals surface area contributed by atoms with Gasteiger partial charge in [0.2, 0.25) is 5.95 Å². The maximum absolute atomic E-state index is 12.9. The minimum atomic E-state index is -0.218. The zero-order valence-electron chi connectivity index (χ0n) is 13.0. The van der Waals surface area contributed by atoms with Gasteiger partial charge in [-0.15, -0.1) is 0 Å². The molecule has 1 N–H and O–H groups in total. The highest BCUT2D eigenvalue weighted by atomic mass is 79.9. The van der Waals surface area contributed by atoms with E-state index in [1.807, 2.05) is 24.3 Å². The molecule has 0 amide bonds. The number of aromatic nitrogens is 3. The fourth-order valence-corrected chi connectivity index (χ4v) is 3.95. The third-order valence-electron chi connectivity index (χ3n) is 4.44. The fraction of sp³-hybridized carbons (Fsp3) is 0.353. The number of hydrogen-bond acceptors (Lipinski definition) is 4. The van der Waals surface area contributed by atoms with Crippen molar-refractivity contribution >= 4 is 27.7 Å². The average molecular weight is 373 g/mol. The van der Waals surface area contributed by atoms with Crippen molar-refractivity contribution in [2.45, 2.75) is 32.7 Å². The van der Waals surface area contributed by atoms with Gasteiger partial charge in [0, 0.05) is 22.2 Å². The molecule has 0 fully saturated rings. The van der Waals surface area contributed by atoms with E-state index in [0.29, 0.717) is 12.4 Å². The summed E-state index contributed by atoms with van der Waals surface area (Å²) >= 11 is 3.52. The van der Waals surface area contributed by atoms with Crippen molar-refractivity contribution < 1.29 is 4.79 Å². The Bertz CT molecular complexity index is 837. The van der Waals surface area contributed by atoms with Crippen LogP contribution in [-0.2, 0) is 4.79 Å². The van der Waals surface area contributed by atoms with Crippen molar-refractivity contribution in [2.75, 3.05) is 5.32 Å². The molecule has 2 aromatic rings. The summed E-state index contributed by atoms with van der Waals surface area (Å²) < 4.78 is 2.79. The molecule has 5 nitrogen and oxygen atoms in total. The number of hydrogen-bond donors (Lipinski definition) is 1. The number of fused-ring (bicyclic) bond motifs is 1. The summed E-state index contributed by atoms with van der Waals surface area (Å²) in [6, 6.07) is 7.82. The van der Waals surface area contributed by atoms with Gasteiger partial charge in [-0.05, 0) is 29.5 Å². The zero-order valence-corrected chi connectivity index (χ0v) is 14.6. The van der Waals surface area contributed by atoms with Crippen LogP contribution in [0.1, 0.15) is 38.3 Å². The first kappa shape index (κ1) is 14.6. The highest BCUT2D eigenvalue weighted by molar-refractivity contribution is 9.10. The van der Waals surface area contributed by atoms with Gasteiger partial charge in [0.05, 0.1) is 0 Å². The largest absolute Gasteiger partial charge is 0.328 e. The smallest absolute Gasteiger partial charge is 0.226 e. The molecule has 0 saturated heterocycles. The van der Waals surface area contributed by atoms with Gasteiger partial charge in [0.1, 0.15) is 12.4 Å². The van der Waals surface area contributed by atoms with Crippen LogP contribution in [0.4, 0.5) is 5.95 Å². The Balaban J connectivity index is 1.91. The van der Waals surface area contributed by atoms with Gasteiger partial charge < -0.3 is 5.32 Å². The molecule has 1 atom stereocenters. The average Bonchev–Trinajstić information content (AvgIpc) is 2.91. The Morgan fingerprint density at radius 2 is 2.17 bits per heavy atom. The lowest BCUT2D eigenvalue weighted by Crippen LogP contribution is -2.36. The monoisotopic (exact) mass is 372 g/mol. The van der Waals surface area contributed by atoms with Crippen molar-refractivity contribution in [1.82, 2.24) is 14.8 Å². The van der Waals surface area contributed by atoms with Gasteiger partial charge in [-0.25, -0.2) is 4.68 Å². The molecule has 118 valence electrons. The van der Waals surface area contributed by atoms with Crippen LogP contribution in [-0.4, -0.2) is 20.5 Å². The molecule has 2 aliphatic rings. The first-order valence-corrected chi connectivity index (χ1v) is 8.42. The van der Waals surface area contributed by atoms with Gasteiger partial charge in [-0.1, -0.05) is 41.9 Å². The first-order valence-electron chi connectivity index (χ1n) is 7.63. The quantitative estimate of drug-likeness (QED) is 0.828. The molecule has 0 spiro atoms. The van der Waals surface area contributed by atoms with Gasteiger partial charge >= 0.3 is 0 Å². The number of Topliss-reactive ketones (excluding diaryl/α,β-unsaturated/α-hetero) is 1. The van der Waals surface area contributed by atoms with E-state index in [1.165, 1.54) is 6.33 Å². The Morgan fingerprint density at radius 1 is 1.35 bits per heavy atom. The Hall–Kier alpha value is -1.95. The molecule has 2 heterocycles. The minimum absolute atomic E-state index is 0.0348. The summed E-state index contributed by atoms with van der Waals surface area (Å²) in [5.74, 6) is 0.883. The molecule has 1 aliphatic heterocycles. The number of carbonyl (C=O) groups excluding carboxylic acids is 1. The first-order chi connectivity index (χ1) is 10.9. The van der Waals surface area contributed by atoms with Gasteiger partial charge in [0.15, 0.2) is 5.78 Å². The molecule has 6 heteroatoms. The lowest BCUT2D eigenvalue weighted by Gasteiger charge is -2.38. The van der Waals surface area contributed by atoms with Crippen molar-refractivity contribution in [1.29, 1.82) is 0 Å². The van der Waals surface area contributed by atoms with E-state index in [1.54, 1.807) is 4.68 Å². The van der Waals surface area contributed by atoms with Crippen molar-refractivity contribution in [2.24, 2.45) is 5.41 Å². The number of nitrogens with one attached hydrogen (secondary N) is 1. The molecular formula is C17H17BrN4O. The van der Waals surface area contributed by atoms with Crippen LogP contribution in [0.2, 0.25) is 0 Å². The molecule has 1 aromatic heterocycles. The maximum atomic E-state index is 12.9. The van der Waals surface area contributed by atoms with Crippen LogP contribution in [0.3, 0.4) is 0 Å². The molecule has 0 bridgehead atoms. The second-order valence-corrected chi connectivity index (χ2v) is 7.86. The predicted molar refractivity (Wildman–Crippen MR) is 91.0 cm³/mol. The lowest BCUT2D eigenvalue weighted by atomic mass is 9.73. The standard InChI is InChI=1S/C17H17BrN4O/c1-17(2)7-12-14(13(23)8-17)15(10-4-3-5-11(18)6-10)22-16(21-12)19-9-20-22/h3-6,9,15H,7-8H2,1-2H3,(H,19,20,21)/t15-/m0/s1. The predicted octanol–water partition coefficient (Wildman–Crippen LogP) is 3.70. The highest BCUT2D eigenvalue weighted by Crippen LogP contribution is 2.45. The third kappa shape index (κ3) is 2.41. The topological polar surface area (TPSA) is 59.8 Å². The Morgan fingerprint density at radius 3 is 2.96 bits per heavy atom. The molecule has 1 aliphatic carbocycles. The van der Waals surface area contributed by atoms with E-state index in [2.05, 4.69) is 45.2 Å². The maximum Gasteiger partial charge on any atom is 0.226 e. The minimum Gasteiger partial charge on any atom is -0.328 e. The van der Waals surface area contributed by atoms with E-state index in [0.717, 1.165) is 27.7 Å². The molecular weight excluding hydrogens is 356 g/mol. The summed E-state index contributed by atoms with van der Waals surface area (Å²) in [4.78, 5) is 17.2. The van der Waals surface area contributed by atoms with Crippen LogP contribution >= 0.6 is 15.9 Å². The number of benzene rings is 1. The number of rotatable bonds is 1. The summed E-state index contributed by atoms with van der Waals surface area (Å²) in [6.07, 6.45) is 2.93. The number of halogens is 1. The van der Waals surface area contributed by atoms with E-state index >= 15 is 0 Å². The molecule has 1 aromatic carbocycles. The number of allylic oxidation sites excluding steroid dienone is 2. The Kier molecular flexibility index (Phi) is 3.20. The van der Waals surface area contributed by atoms with Gasteiger partial charge in [-0.2, -0.15) is 10.1 Å². The third-order valence-corrected chi connectivity index (χ3v) is 4.93. The Labute approximate surface area is 142 Å². The summed E-state index contributed by atoms with van der Waals surface area (Å²) in [7, 11) is 0. The molecule has 0 unspecified atom stereocenters. The van der Waals surface area contributed by atoms with Crippen LogP contribution in [0.5, 0.6) is 0 Å². The second kappa shape index (κ2) is 5.03. The van der Waals surface area contributed by atoms with Crippen LogP contribution in [0.15, 0.2) is 46.3 Å². The van der Waals surface area contributed by atoms with Crippen molar-refractivity contribution in [3.8, 4) is 0 Å². The van der Waals surface area contributed by atoms with Crippen LogP contribution in [0, 0.1) is 5.41 Å². The number of ketones is 1. The molecule has 0 radical (unpaired) electrons. The van der Waals surface area contributed by atoms with Crippen molar-refractivity contribution in [3.63, 3.8) is 0 Å². The normalized spacial score (nSPS) is 22.4. The van der Waals surface area contributed by atoms with Crippen LogP contribution < -0.4 is 5.32 Å². The zero-order chi connectivity index (χ0) is 16.2. The summed E-state index contributed by atoms with van der Waals surface area (Å²) in [5, 5.41) is 7.66. The van der Waals surface area contributed by atoms with E-state index < -0.39 is 0 Å². The molecule has 0 saturated carbocycles. The van der Waals surface area contributed by atoms with E-state index in [-0.39, 0.29) is 17.2 Å². The lowest BCUT2D eigenvalue weighted by molar-refractivity contribution is -0.118. The van der Waals surface area contributed by atoms with Crippen LogP contribution in [0.25, 0.3) is 0 Å². The second-order valence-electron chi connectivity index (χ2n) is 6.94. The van der Waals surface area contributed by atoms with E-state index in [4.69, 9.17) is 0 Å². The van der Waals surface area contributed by atoms with E-state index in [9.17, 15) is 4.79 Å². The number of carbonyl (C=O) groups is 1. The number of anilines is 1.